The molecule has 6 heteroatoms. The first-order valence-corrected chi connectivity index (χ1v) is 10.8. The number of hydrogen-bond donors (Lipinski definition) is 0. The van der Waals surface area contributed by atoms with Crippen molar-refractivity contribution >= 4 is 22.6 Å². The molecule has 2 heterocycles. The second-order valence-electron chi connectivity index (χ2n) is 8.15. The summed E-state index contributed by atoms with van der Waals surface area (Å²) < 4.78 is 21.4. The standard InChI is InChI=1S/C26H24FN3O2/c1-18-6-12-22(13-7-18)32-15-14-29-24-5-3-2-4-23(24)28-26(29)19-16-25(31)30(17-19)21-10-8-20(27)9-11-21/h2-13,19H,14-17H2,1H3. The lowest BCUT2D eigenvalue weighted by Gasteiger charge is -2.17. The number of ether oxygens (including phenoxy) is 1. The zero-order chi connectivity index (χ0) is 22.1. The smallest absolute Gasteiger partial charge is 0.227 e. The van der Waals surface area contributed by atoms with Gasteiger partial charge in [0.1, 0.15) is 24.0 Å². The van der Waals surface area contributed by atoms with Crippen LogP contribution in [-0.2, 0) is 11.3 Å². The van der Waals surface area contributed by atoms with Gasteiger partial charge < -0.3 is 14.2 Å². The third-order valence-corrected chi connectivity index (χ3v) is 5.92. The highest BCUT2D eigenvalue weighted by molar-refractivity contribution is 5.96. The molecule has 0 bridgehead atoms. The van der Waals surface area contributed by atoms with Gasteiger partial charge in [0.25, 0.3) is 0 Å². The molecule has 1 fully saturated rings. The maximum Gasteiger partial charge on any atom is 0.227 e. The van der Waals surface area contributed by atoms with E-state index >= 15 is 0 Å². The second-order valence-corrected chi connectivity index (χ2v) is 8.15. The zero-order valence-electron chi connectivity index (χ0n) is 17.9. The van der Waals surface area contributed by atoms with Crippen LogP contribution in [0, 0.1) is 12.7 Å². The van der Waals surface area contributed by atoms with E-state index in [-0.39, 0.29) is 17.6 Å². The minimum Gasteiger partial charge on any atom is -0.492 e. The summed E-state index contributed by atoms with van der Waals surface area (Å²) in [6.45, 7) is 3.70. The molecular formula is C26H24FN3O2. The number of fused-ring (bicyclic) bond motifs is 1. The molecule has 0 radical (unpaired) electrons. The van der Waals surface area contributed by atoms with Crippen LogP contribution < -0.4 is 9.64 Å². The number of halogens is 1. The molecule has 0 N–H and O–H groups in total. The lowest BCUT2D eigenvalue weighted by Crippen LogP contribution is -2.24. The van der Waals surface area contributed by atoms with E-state index in [2.05, 4.69) is 4.57 Å². The molecule has 4 aromatic rings. The van der Waals surface area contributed by atoms with Crippen LogP contribution in [0.4, 0.5) is 10.1 Å². The minimum atomic E-state index is -0.313. The van der Waals surface area contributed by atoms with E-state index in [0.29, 0.717) is 31.8 Å². The first kappa shape index (κ1) is 20.2. The number of amides is 1. The Bertz CT molecular complexity index is 1250. The molecule has 0 saturated carbocycles. The second kappa shape index (κ2) is 8.46. The van der Waals surface area contributed by atoms with Gasteiger partial charge in [-0.1, -0.05) is 29.8 Å². The topological polar surface area (TPSA) is 47.4 Å². The Kier molecular flexibility index (Phi) is 5.35. The van der Waals surface area contributed by atoms with Crippen LogP contribution in [0.15, 0.2) is 72.8 Å². The molecule has 1 amide bonds. The molecule has 1 unspecified atom stereocenters. The molecule has 0 spiro atoms. The minimum absolute atomic E-state index is 0.0242. The molecule has 1 saturated heterocycles. The third-order valence-electron chi connectivity index (χ3n) is 5.92. The van der Waals surface area contributed by atoms with Crippen LogP contribution in [0.2, 0.25) is 0 Å². The Hall–Kier alpha value is -3.67. The molecule has 5 rings (SSSR count). The Labute approximate surface area is 186 Å². The van der Waals surface area contributed by atoms with Gasteiger partial charge in [-0.2, -0.15) is 0 Å². The molecule has 1 aliphatic rings. The fraction of sp³-hybridized carbons (Fsp3) is 0.231. The number of benzene rings is 3. The molecule has 1 aromatic heterocycles. The number of anilines is 1. The molecule has 32 heavy (non-hydrogen) atoms. The van der Waals surface area contributed by atoms with Gasteiger partial charge in [0.15, 0.2) is 0 Å². The van der Waals surface area contributed by atoms with Crippen molar-refractivity contribution in [2.24, 2.45) is 0 Å². The SMILES string of the molecule is Cc1ccc(OCCn2c(C3CC(=O)N(c4ccc(F)cc4)C3)nc3ccccc32)cc1. The van der Waals surface area contributed by atoms with Gasteiger partial charge >= 0.3 is 0 Å². The van der Waals surface area contributed by atoms with E-state index in [1.807, 2.05) is 55.5 Å². The number of aryl methyl sites for hydroxylation is 1. The van der Waals surface area contributed by atoms with Crippen LogP contribution in [0.5, 0.6) is 5.75 Å². The summed E-state index contributed by atoms with van der Waals surface area (Å²) in [4.78, 5) is 19.4. The van der Waals surface area contributed by atoms with E-state index in [0.717, 1.165) is 22.6 Å². The summed E-state index contributed by atoms with van der Waals surface area (Å²) >= 11 is 0. The summed E-state index contributed by atoms with van der Waals surface area (Å²) in [5.41, 5.74) is 3.84. The highest BCUT2D eigenvalue weighted by Crippen LogP contribution is 2.33. The molecular weight excluding hydrogens is 405 g/mol. The van der Waals surface area contributed by atoms with Crippen molar-refractivity contribution in [2.45, 2.75) is 25.8 Å². The highest BCUT2D eigenvalue weighted by Gasteiger charge is 2.34. The molecule has 1 atom stereocenters. The Morgan fingerprint density at radius 2 is 1.78 bits per heavy atom. The highest BCUT2D eigenvalue weighted by atomic mass is 19.1. The molecule has 1 aliphatic heterocycles. The van der Waals surface area contributed by atoms with Gasteiger partial charge in [-0.3, -0.25) is 4.79 Å². The number of imidazole rings is 1. The van der Waals surface area contributed by atoms with Crippen molar-refractivity contribution in [2.75, 3.05) is 18.1 Å². The van der Waals surface area contributed by atoms with Crippen molar-refractivity contribution in [1.29, 1.82) is 0 Å². The van der Waals surface area contributed by atoms with E-state index in [1.165, 1.54) is 17.7 Å². The van der Waals surface area contributed by atoms with E-state index in [1.54, 1.807) is 17.0 Å². The van der Waals surface area contributed by atoms with Gasteiger partial charge in [-0.25, -0.2) is 9.37 Å². The van der Waals surface area contributed by atoms with Crippen molar-refractivity contribution in [3.05, 3.63) is 90.0 Å². The van der Waals surface area contributed by atoms with Crippen LogP contribution in [0.3, 0.4) is 0 Å². The zero-order valence-corrected chi connectivity index (χ0v) is 17.9. The van der Waals surface area contributed by atoms with Crippen LogP contribution in [-0.4, -0.2) is 28.6 Å². The number of aromatic nitrogens is 2. The Morgan fingerprint density at radius 3 is 2.56 bits per heavy atom. The molecule has 5 nitrogen and oxygen atoms in total. The van der Waals surface area contributed by atoms with Gasteiger partial charge in [0.05, 0.1) is 17.6 Å². The quantitative estimate of drug-likeness (QED) is 0.429. The van der Waals surface area contributed by atoms with Crippen LogP contribution >= 0.6 is 0 Å². The fourth-order valence-corrected chi connectivity index (χ4v) is 4.28. The summed E-state index contributed by atoms with van der Waals surface area (Å²) in [6.07, 6.45) is 0.375. The average molecular weight is 429 g/mol. The van der Waals surface area contributed by atoms with Gasteiger partial charge in [0.2, 0.25) is 5.91 Å². The first-order chi connectivity index (χ1) is 15.6. The van der Waals surface area contributed by atoms with Crippen molar-refractivity contribution in [3.8, 4) is 5.75 Å². The number of carbonyl (C=O) groups excluding carboxylic acids is 1. The Morgan fingerprint density at radius 1 is 1.03 bits per heavy atom. The number of rotatable bonds is 6. The molecule has 0 aliphatic carbocycles. The lowest BCUT2D eigenvalue weighted by molar-refractivity contribution is -0.117. The van der Waals surface area contributed by atoms with Crippen LogP contribution in [0.25, 0.3) is 11.0 Å². The largest absolute Gasteiger partial charge is 0.492 e. The van der Waals surface area contributed by atoms with Crippen molar-refractivity contribution in [1.82, 2.24) is 9.55 Å². The predicted molar refractivity (Wildman–Crippen MR) is 123 cm³/mol. The first-order valence-electron chi connectivity index (χ1n) is 10.8. The summed E-state index contributed by atoms with van der Waals surface area (Å²) in [7, 11) is 0. The molecule has 3 aromatic carbocycles. The van der Waals surface area contributed by atoms with Gasteiger partial charge in [-0.05, 0) is 55.5 Å². The number of carbonyl (C=O) groups is 1. The van der Waals surface area contributed by atoms with Gasteiger partial charge in [-0.15, -0.1) is 0 Å². The van der Waals surface area contributed by atoms with Crippen LogP contribution in [0.1, 0.15) is 23.7 Å². The van der Waals surface area contributed by atoms with Crippen molar-refractivity contribution in [3.63, 3.8) is 0 Å². The maximum absolute atomic E-state index is 13.3. The normalized spacial score (nSPS) is 16.1. The summed E-state index contributed by atoms with van der Waals surface area (Å²) in [6, 6.07) is 22.1. The van der Waals surface area contributed by atoms with E-state index in [9.17, 15) is 9.18 Å². The van der Waals surface area contributed by atoms with Crippen molar-refractivity contribution < 1.29 is 13.9 Å². The molecule has 162 valence electrons. The Balaban J connectivity index is 1.39. The summed E-state index contributed by atoms with van der Waals surface area (Å²) in [5.74, 6) is 1.39. The predicted octanol–water partition coefficient (Wildman–Crippen LogP) is 5.08. The van der Waals surface area contributed by atoms with Gasteiger partial charge in [0, 0.05) is 24.6 Å². The maximum atomic E-state index is 13.3. The number of para-hydroxylation sites is 2. The average Bonchev–Trinajstić information content (AvgIpc) is 3.36. The van der Waals surface area contributed by atoms with E-state index in [4.69, 9.17) is 9.72 Å². The third kappa shape index (κ3) is 3.96. The number of nitrogens with zero attached hydrogens (tertiary/aromatic N) is 3. The monoisotopic (exact) mass is 429 g/mol. The number of hydrogen-bond acceptors (Lipinski definition) is 3. The summed E-state index contributed by atoms with van der Waals surface area (Å²) in [5, 5.41) is 0. The lowest BCUT2D eigenvalue weighted by atomic mass is 10.1. The fourth-order valence-electron chi connectivity index (χ4n) is 4.28. The van der Waals surface area contributed by atoms with E-state index < -0.39 is 0 Å².